The largest absolute Gasteiger partial charge is 0.414 e. The first-order valence-electron chi connectivity index (χ1n) is 5.93. The second kappa shape index (κ2) is 5.10. The molecule has 0 amide bonds. The summed E-state index contributed by atoms with van der Waals surface area (Å²) < 4.78 is 1.15. The molecule has 98 valence electrons. The average molecular weight is 257 g/mol. The molecule has 1 aromatic carbocycles. The van der Waals surface area contributed by atoms with Gasteiger partial charge < -0.3 is 4.84 Å². The number of hydrogen-bond acceptors (Lipinski definition) is 3. The van der Waals surface area contributed by atoms with E-state index in [1.165, 1.54) is 14.0 Å². The Kier molecular flexibility index (Phi) is 3.51. The van der Waals surface area contributed by atoms with Gasteiger partial charge in [0, 0.05) is 5.56 Å². The van der Waals surface area contributed by atoms with E-state index in [2.05, 4.69) is 0 Å². The van der Waals surface area contributed by atoms with Crippen molar-refractivity contribution in [3.63, 3.8) is 0 Å². The summed E-state index contributed by atoms with van der Waals surface area (Å²) in [7, 11) is 1.41. The quantitative estimate of drug-likeness (QED) is 0.791. The molecule has 0 radical (unpaired) electrons. The van der Waals surface area contributed by atoms with Crippen LogP contribution in [0.2, 0.25) is 0 Å². The molecule has 0 atom stereocenters. The van der Waals surface area contributed by atoms with Gasteiger partial charge in [-0.05, 0) is 25.5 Å². The van der Waals surface area contributed by atoms with Gasteiger partial charge in [-0.2, -0.15) is 0 Å². The minimum Gasteiger partial charge on any atom is -0.414 e. The lowest BCUT2D eigenvalue weighted by molar-refractivity contribution is 0.100. The number of rotatable bonds is 3. The van der Waals surface area contributed by atoms with Crippen molar-refractivity contribution in [2.24, 2.45) is 0 Å². The second-order valence-corrected chi connectivity index (χ2v) is 4.26. The summed E-state index contributed by atoms with van der Waals surface area (Å²) in [6, 6.07) is 10.9. The van der Waals surface area contributed by atoms with Gasteiger partial charge in [-0.25, -0.2) is 0 Å². The molecule has 19 heavy (non-hydrogen) atoms. The maximum Gasteiger partial charge on any atom is 0.291 e. The number of carbonyl (C=O) groups is 1. The SMILES string of the molecule is COn1c(C)c(C(C)=O)cc(-c2ccccc2)c1=O. The molecule has 2 aromatic rings. The molecule has 0 saturated heterocycles. The summed E-state index contributed by atoms with van der Waals surface area (Å²) in [6.45, 7) is 3.16. The van der Waals surface area contributed by atoms with Crippen molar-refractivity contribution in [3.05, 3.63) is 58.0 Å². The van der Waals surface area contributed by atoms with Gasteiger partial charge in [0.05, 0.1) is 11.3 Å². The highest BCUT2D eigenvalue weighted by molar-refractivity contribution is 5.96. The molecule has 0 unspecified atom stereocenters. The van der Waals surface area contributed by atoms with E-state index in [1.54, 1.807) is 13.0 Å². The molecule has 0 bridgehead atoms. The lowest BCUT2D eigenvalue weighted by atomic mass is 10.0. The van der Waals surface area contributed by atoms with Crippen LogP contribution in [-0.2, 0) is 0 Å². The van der Waals surface area contributed by atoms with E-state index in [0.717, 1.165) is 10.3 Å². The third kappa shape index (κ3) is 2.29. The summed E-state index contributed by atoms with van der Waals surface area (Å²) >= 11 is 0. The number of nitrogens with zero attached hydrogens (tertiary/aromatic N) is 1. The number of ketones is 1. The van der Waals surface area contributed by atoms with Gasteiger partial charge in [0.2, 0.25) is 0 Å². The summed E-state index contributed by atoms with van der Waals surface area (Å²) in [4.78, 5) is 29.1. The minimum absolute atomic E-state index is 0.0968. The van der Waals surface area contributed by atoms with Gasteiger partial charge in [0.25, 0.3) is 5.56 Å². The molecule has 0 aliphatic rings. The summed E-state index contributed by atoms with van der Waals surface area (Å²) in [6.07, 6.45) is 0. The number of hydrogen-bond donors (Lipinski definition) is 0. The van der Waals surface area contributed by atoms with Crippen LogP contribution in [-0.4, -0.2) is 17.6 Å². The molecule has 1 heterocycles. The Morgan fingerprint density at radius 1 is 1.21 bits per heavy atom. The van der Waals surface area contributed by atoms with Crippen molar-refractivity contribution >= 4 is 5.78 Å². The van der Waals surface area contributed by atoms with Gasteiger partial charge in [-0.3, -0.25) is 9.59 Å². The molecule has 4 nitrogen and oxygen atoms in total. The molecular formula is C15H15NO3. The summed E-state index contributed by atoms with van der Waals surface area (Å²) in [5.41, 5.74) is 1.95. The Labute approximate surface area is 111 Å². The van der Waals surface area contributed by atoms with Crippen molar-refractivity contribution in [2.45, 2.75) is 13.8 Å². The zero-order valence-corrected chi connectivity index (χ0v) is 11.1. The molecule has 1 aromatic heterocycles. The molecular weight excluding hydrogens is 242 g/mol. The van der Waals surface area contributed by atoms with Crippen LogP contribution in [0.3, 0.4) is 0 Å². The van der Waals surface area contributed by atoms with Crippen LogP contribution in [0.5, 0.6) is 0 Å². The first-order chi connectivity index (χ1) is 9.06. The molecule has 0 saturated carbocycles. The van der Waals surface area contributed by atoms with Crippen LogP contribution < -0.4 is 10.4 Å². The molecule has 0 N–H and O–H groups in total. The number of carbonyl (C=O) groups excluding carboxylic acids is 1. The molecule has 4 heteroatoms. The van der Waals surface area contributed by atoms with Crippen LogP contribution in [0.25, 0.3) is 11.1 Å². The van der Waals surface area contributed by atoms with Gasteiger partial charge >= 0.3 is 0 Å². The molecule has 0 spiro atoms. The average Bonchev–Trinajstić information content (AvgIpc) is 2.40. The van der Waals surface area contributed by atoms with Crippen LogP contribution in [0.15, 0.2) is 41.2 Å². The fourth-order valence-corrected chi connectivity index (χ4v) is 2.08. The highest BCUT2D eigenvalue weighted by Gasteiger charge is 2.15. The van der Waals surface area contributed by atoms with E-state index in [4.69, 9.17) is 4.84 Å². The third-order valence-electron chi connectivity index (χ3n) is 3.04. The van der Waals surface area contributed by atoms with Gasteiger partial charge in [0.1, 0.15) is 7.11 Å². The third-order valence-corrected chi connectivity index (χ3v) is 3.04. The van der Waals surface area contributed by atoms with Crippen molar-refractivity contribution in [2.75, 3.05) is 7.11 Å². The van der Waals surface area contributed by atoms with E-state index >= 15 is 0 Å². The Bertz CT molecular complexity index is 672. The monoisotopic (exact) mass is 257 g/mol. The zero-order chi connectivity index (χ0) is 14.0. The standard InChI is InChI=1S/C15H15NO3/c1-10-13(11(2)17)9-14(15(18)16(10)19-3)12-7-5-4-6-8-12/h4-9H,1-3H3. The number of pyridine rings is 1. The normalized spacial score (nSPS) is 10.3. The van der Waals surface area contributed by atoms with Crippen molar-refractivity contribution in [3.8, 4) is 11.1 Å². The molecule has 0 aliphatic heterocycles. The first kappa shape index (κ1) is 13.1. The van der Waals surface area contributed by atoms with Crippen molar-refractivity contribution in [1.82, 2.24) is 4.73 Å². The van der Waals surface area contributed by atoms with Gasteiger partial charge in [0.15, 0.2) is 5.78 Å². The van der Waals surface area contributed by atoms with Crippen molar-refractivity contribution < 1.29 is 9.63 Å². The highest BCUT2D eigenvalue weighted by Crippen LogP contribution is 2.18. The molecule has 0 fully saturated rings. The molecule has 0 aliphatic carbocycles. The topological polar surface area (TPSA) is 48.3 Å². The number of benzene rings is 1. The number of aromatic nitrogens is 1. The van der Waals surface area contributed by atoms with Crippen LogP contribution in [0.4, 0.5) is 0 Å². The van der Waals surface area contributed by atoms with E-state index in [0.29, 0.717) is 16.8 Å². The van der Waals surface area contributed by atoms with Crippen LogP contribution in [0.1, 0.15) is 23.0 Å². The highest BCUT2D eigenvalue weighted by atomic mass is 16.6. The van der Waals surface area contributed by atoms with E-state index in [1.807, 2.05) is 30.3 Å². The Morgan fingerprint density at radius 3 is 2.37 bits per heavy atom. The van der Waals surface area contributed by atoms with Crippen molar-refractivity contribution in [1.29, 1.82) is 0 Å². The maximum atomic E-state index is 12.3. The van der Waals surface area contributed by atoms with Gasteiger partial charge in [-0.15, -0.1) is 4.73 Å². The zero-order valence-electron chi connectivity index (χ0n) is 11.1. The lowest BCUT2D eigenvalue weighted by Gasteiger charge is -2.13. The maximum absolute atomic E-state index is 12.3. The van der Waals surface area contributed by atoms with Gasteiger partial charge in [-0.1, -0.05) is 30.3 Å². The minimum atomic E-state index is -0.267. The van der Waals surface area contributed by atoms with E-state index in [9.17, 15) is 9.59 Å². The second-order valence-electron chi connectivity index (χ2n) is 4.26. The summed E-state index contributed by atoms with van der Waals surface area (Å²) in [5.74, 6) is -0.0968. The fourth-order valence-electron chi connectivity index (χ4n) is 2.08. The van der Waals surface area contributed by atoms with E-state index < -0.39 is 0 Å². The smallest absolute Gasteiger partial charge is 0.291 e. The number of Topliss-reactive ketones (excluding diaryl/α,β-unsaturated/α-hetero) is 1. The predicted molar refractivity (Wildman–Crippen MR) is 73.4 cm³/mol. The predicted octanol–water partition coefficient (Wildman–Crippen LogP) is 2.08. The first-order valence-corrected chi connectivity index (χ1v) is 5.93. The Morgan fingerprint density at radius 2 is 1.84 bits per heavy atom. The molecule has 2 rings (SSSR count). The van der Waals surface area contributed by atoms with Crippen LogP contribution in [0, 0.1) is 6.92 Å². The summed E-state index contributed by atoms with van der Waals surface area (Å²) in [5, 5.41) is 0. The lowest BCUT2D eigenvalue weighted by Crippen LogP contribution is -2.30. The van der Waals surface area contributed by atoms with E-state index in [-0.39, 0.29) is 11.3 Å². The fraction of sp³-hybridized carbons (Fsp3) is 0.200. The van der Waals surface area contributed by atoms with Crippen LogP contribution >= 0.6 is 0 Å². The Balaban J connectivity index is 2.79. The Hall–Kier alpha value is -2.36.